The summed E-state index contributed by atoms with van der Waals surface area (Å²) in [5.74, 6) is 1.76. The Balaban J connectivity index is 1.86. The molecule has 2 aromatic rings. The van der Waals surface area contributed by atoms with Crippen LogP contribution in [0, 0.1) is 0 Å². The van der Waals surface area contributed by atoms with E-state index < -0.39 is 0 Å². The molecule has 0 amide bonds. The summed E-state index contributed by atoms with van der Waals surface area (Å²) in [6, 6.07) is 15.9. The fraction of sp³-hybridized carbons (Fsp3) is 0.200. The first kappa shape index (κ1) is 13.0. The molecule has 0 unspecified atom stereocenters. The van der Waals surface area contributed by atoms with Gasteiger partial charge in [-0.25, -0.2) is 0 Å². The molecule has 2 aromatic carbocycles. The maximum absolute atomic E-state index is 5.72. The zero-order valence-electron chi connectivity index (χ0n) is 10.2. The van der Waals surface area contributed by atoms with E-state index in [1.807, 2.05) is 36.4 Å². The molecule has 0 aliphatic heterocycles. The summed E-state index contributed by atoms with van der Waals surface area (Å²) in [5, 5.41) is 0. The molecule has 3 heteroatoms. The third-order valence-electron chi connectivity index (χ3n) is 2.64. The minimum Gasteiger partial charge on any atom is -0.497 e. The number of halogens is 1. The summed E-state index contributed by atoms with van der Waals surface area (Å²) in [6.45, 7) is 0.662. The van der Waals surface area contributed by atoms with Gasteiger partial charge in [-0.15, -0.1) is 0 Å². The summed E-state index contributed by atoms with van der Waals surface area (Å²) in [4.78, 5) is 0. The predicted octanol–water partition coefficient (Wildman–Crippen LogP) is 4.08. The smallest absolute Gasteiger partial charge is 0.133 e. The van der Waals surface area contributed by atoms with E-state index in [0.29, 0.717) is 6.61 Å². The number of hydrogen-bond acceptors (Lipinski definition) is 2. The van der Waals surface area contributed by atoms with Gasteiger partial charge in [-0.1, -0.05) is 24.3 Å². The SMILES string of the molecule is COc1ccc(CCOc2ccccc2Br)cc1. The molecule has 94 valence electrons. The molecule has 0 spiro atoms. The second-order valence-electron chi connectivity index (χ2n) is 3.88. The molecule has 0 radical (unpaired) electrons. The second kappa shape index (κ2) is 6.45. The van der Waals surface area contributed by atoms with Crippen molar-refractivity contribution in [3.8, 4) is 11.5 Å². The van der Waals surface area contributed by atoms with E-state index in [1.54, 1.807) is 7.11 Å². The van der Waals surface area contributed by atoms with Gasteiger partial charge in [0.15, 0.2) is 0 Å². The van der Waals surface area contributed by atoms with Gasteiger partial charge in [-0.05, 0) is 45.8 Å². The quantitative estimate of drug-likeness (QED) is 0.828. The third-order valence-corrected chi connectivity index (χ3v) is 3.30. The molecule has 2 nitrogen and oxygen atoms in total. The Kier molecular flexibility index (Phi) is 4.65. The van der Waals surface area contributed by atoms with E-state index in [0.717, 1.165) is 22.4 Å². The largest absolute Gasteiger partial charge is 0.497 e. The molecule has 0 heterocycles. The van der Waals surface area contributed by atoms with Gasteiger partial charge in [0.2, 0.25) is 0 Å². The van der Waals surface area contributed by atoms with Crippen molar-refractivity contribution >= 4 is 15.9 Å². The van der Waals surface area contributed by atoms with Gasteiger partial charge in [0.25, 0.3) is 0 Å². The van der Waals surface area contributed by atoms with E-state index in [9.17, 15) is 0 Å². The van der Waals surface area contributed by atoms with Gasteiger partial charge < -0.3 is 9.47 Å². The molecular weight excluding hydrogens is 292 g/mol. The van der Waals surface area contributed by atoms with Crippen molar-refractivity contribution in [3.63, 3.8) is 0 Å². The standard InChI is InChI=1S/C15H15BrO2/c1-17-13-8-6-12(7-9-13)10-11-18-15-5-3-2-4-14(15)16/h2-9H,10-11H2,1H3. The van der Waals surface area contributed by atoms with Crippen LogP contribution < -0.4 is 9.47 Å². The molecule has 0 N–H and O–H groups in total. The van der Waals surface area contributed by atoms with Gasteiger partial charge >= 0.3 is 0 Å². The van der Waals surface area contributed by atoms with Crippen LogP contribution in [0.25, 0.3) is 0 Å². The lowest BCUT2D eigenvalue weighted by atomic mass is 10.1. The zero-order valence-corrected chi connectivity index (χ0v) is 11.8. The maximum Gasteiger partial charge on any atom is 0.133 e. The average Bonchev–Trinajstić information content (AvgIpc) is 2.42. The normalized spacial score (nSPS) is 10.1. The van der Waals surface area contributed by atoms with E-state index in [1.165, 1.54) is 5.56 Å². The van der Waals surface area contributed by atoms with Gasteiger partial charge in [0.1, 0.15) is 11.5 Å². The van der Waals surface area contributed by atoms with Crippen molar-refractivity contribution in [1.29, 1.82) is 0 Å². The van der Waals surface area contributed by atoms with Crippen LogP contribution in [0.1, 0.15) is 5.56 Å². The van der Waals surface area contributed by atoms with E-state index in [-0.39, 0.29) is 0 Å². The van der Waals surface area contributed by atoms with E-state index in [4.69, 9.17) is 9.47 Å². The van der Waals surface area contributed by atoms with Crippen LogP contribution in [-0.2, 0) is 6.42 Å². The van der Waals surface area contributed by atoms with E-state index >= 15 is 0 Å². The van der Waals surface area contributed by atoms with Crippen molar-refractivity contribution in [1.82, 2.24) is 0 Å². The van der Waals surface area contributed by atoms with Crippen LogP contribution in [-0.4, -0.2) is 13.7 Å². The molecule has 0 aromatic heterocycles. The maximum atomic E-state index is 5.72. The molecule has 18 heavy (non-hydrogen) atoms. The monoisotopic (exact) mass is 306 g/mol. The third kappa shape index (κ3) is 3.50. The molecule has 0 fully saturated rings. The molecule has 0 bridgehead atoms. The Bertz CT molecular complexity index is 494. The first-order valence-electron chi connectivity index (χ1n) is 5.80. The van der Waals surface area contributed by atoms with Crippen LogP contribution in [0.5, 0.6) is 11.5 Å². The van der Waals surface area contributed by atoms with Gasteiger partial charge in [0.05, 0.1) is 18.2 Å². The number of rotatable bonds is 5. The van der Waals surface area contributed by atoms with Gasteiger partial charge in [0, 0.05) is 6.42 Å². The molecule has 2 rings (SSSR count). The van der Waals surface area contributed by atoms with Crippen LogP contribution in [0.3, 0.4) is 0 Å². The van der Waals surface area contributed by atoms with Crippen molar-refractivity contribution in [3.05, 3.63) is 58.6 Å². The molecule has 0 saturated carbocycles. The molecule has 0 atom stereocenters. The highest BCUT2D eigenvalue weighted by Gasteiger charge is 2.00. The first-order valence-corrected chi connectivity index (χ1v) is 6.59. The Morgan fingerprint density at radius 3 is 2.39 bits per heavy atom. The van der Waals surface area contributed by atoms with Gasteiger partial charge in [-0.2, -0.15) is 0 Å². The summed E-state index contributed by atoms with van der Waals surface area (Å²) < 4.78 is 11.8. The highest BCUT2D eigenvalue weighted by Crippen LogP contribution is 2.23. The minimum atomic E-state index is 0.662. The molecule has 0 aliphatic rings. The summed E-state index contributed by atoms with van der Waals surface area (Å²) in [6.07, 6.45) is 0.880. The highest BCUT2D eigenvalue weighted by atomic mass is 79.9. The Morgan fingerprint density at radius 1 is 1.00 bits per heavy atom. The lowest BCUT2D eigenvalue weighted by Gasteiger charge is -2.08. The number of benzene rings is 2. The number of ether oxygens (including phenoxy) is 2. The Labute approximate surface area is 116 Å². The number of methoxy groups -OCH3 is 1. The number of para-hydroxylation sites is 1. The van der Waals surface area contributed by atoms with Crippen LogP contribution in [0.15, 0.2) is 53.0 Å². The van der Waals surface area contributed by atoms with E-state index in [2.05, 4.69) is 28.1 Å². The summed E-state index contributed by atoms with van der Waals surface area (Å²) >= 11 is 3.46. The molecule has 0 saturated heterocycles. The van der Waals surface area contributed by atoms with Crippen molar-refractivity contribution in [2.24, 2.45) is 0 Å². The zero-order chi connectivity index (χ0) is 12.8. The minimum absolute atomic E-state index is 0.662. The topological polar surface area (TPSA) is 18.5 Å². The van der Waals surface area contributed by atoms with Crippen LogP contribution in [0.4, 0.5) is 0 Å². The van der Waals surface area contributed by atoms with Crippen molar-refractivity contribution < 1.29 is 9.47 Å². The summed E-state index contributed by atoms with van der Waals surface area (Å²) in [7, 11) is 1.67. The van der Waals surface area contributed by atoms with Crippen molar-refractivity contribution in [2.75, 3.05) is 13.7 Å². The lowest BCUT2D eigenvalue weighted by Crippen LogP contribution is -2.01. The molecule has 0 aliphatic carbocycles. The highest BCUT2D eigenvalue weighted by molar-refractivity contribution is 9.10. The predicted molar refractivity (Wildman–Crippen MR) is 76.3 cm³/mol. The number of hydrogen-bond donors (Lipinski definition) is 0. The lowest BCUT2D eigenvalue weighted by molar-refractivity contribution is 0.320. The Hall–Kier alpha value is -1.48. The Morgan fingerprint density at radius 2 is 1.72 bits per heavy atom. The average molecular weight is 307 g/mol. The fourth-order valence-electron chi connectivity index (χ4n) is 1.63. The van der Waals surface area contributed by atoms with Crippen LogP contribution in [0.2, 0.25) is 0 Å². The first-order chi connectivity index (χ1) is 8.79. The second-order valence-corrected chi connectivity index (χ2v) is 4.73. The summed E-state index contributed by atoms with van der Waals surface area (Å²) in [5.41, 5.74) is 1.24. The van der Waals surface area contributed by atoms with Crippen molar-refractivity contribution in [2.45, 2.75) is 6.42 Å². The van der Waals surface area contributed by atoms with Crippen LogP contribution >= 0.6 is 15.9 Å². The van der Waals surface area contributed by atoms with Gasteiger partial charge in [-0.3, -0.25) is 0 Å². The fourth-order valence-corrected chi connectivity index (χ4v) is 2.03. The molecular formula is C15H15BrO2.